The fourth-order valence-electron chi connectivity index (χ4n) is 1.99. The molecule has 2 aromatic rings. The molecule has 0 atom stereocenters. The van der Waals surface area contributed by atoms with Gasteiger partial charge in [-0.1, -0.05) is 0 Å². The number of hydrogen-bond donors (Lipinski definition) is 1. The van der Waals surface area contributed by atoms with Crippen molar-refractivity contribution in [2.75, 3.05) is 13.2 Å². The van der Waals surface area contributed by atoms with Crippen molar-refractivity contribution in [2.45, 2.75) is 20.8 Å². The average Bonchev–Trinajstić information content (AvgIpc) is 2.96. The number of nitrogens with one attached hydrogen (secondary N) is 1. The Kier molecular flexibility index (Phi) is 5.80. The number of carbonyl (C=O) groups is 1. The molecular formula is C17H20N2O4. The normalized spacial score (nSPS) is 10.7. The van der Waals surface area contributed by atoms with Gasteiger partial charge < -0.3 is 13.9 Å². The molecule has 0 radical (unpaired) electrons. The van der Waals surface area contributed by atoms with Crippen LogP contribution in [-0.2, 0) is 0 Å². The Morgan fingerprint density at radius 1 is 1.22 bits per heavy atom. The van der Waals surface area contributed by atoms with Gasteiger partial charge in [0, 0.05) is 0 Å². The summed E-state index contributed by atoms with van der Waals surface area (Å²) in [6.07, 6.45) is 3.01. The van der Waals surface area contributed by atoms with Crippen LogP contribution >= 0.6 is 0 Å². The summed E-state index contributed by atoms with van der Waals surface area (Å²) in [5, 5.41) is 3.95. The van der Waals surface area contributed by atoms with Gasteiger partial charge in [0.1, 0.15) is 5.76 Å². The summed E-state index contributed by atoms with van der Waals surface area (Å²) < 4.78 is 16.1. The monoisotopic (exact) mass is 316 g/mol. The van der Waals surface area contributed by atoms with E-state index in [4.69, 9.17) is 13.9 Å². The first-order valence-corrected chi connectivity index (χ1v) is 7.42. The van der Waals surface area contributed by atoms with Crippen molar-refractivity contribution in [3.05, 3.63) is 47.4 Å². The van der Waals surface area contributed by atoms with E-state index in [1.165, 1.54) is 6.26 Å². The molecule has 0 fully saturated rings. The molecule has 0 saturated carbocycles. The second kappa shape index (κ2) is 8.03. The van der Waals surface area contributed by atoms with Crippen LogP contribution in [0, 0.1) is 6.92 Å². The zero-order chi connectivity index (χ0) is 16.7. The van der Waals surface area contributed by atoms with E-state index >= 15 is 0 Å². The number of amides is 1. The third kappa shape index (κ3) is 4.35. The molecule has 1 heterocycles. The van der Waals surface area contributed by atoms with Crippen molar-refractivity contribution in [3.63, 3.8) is 0 Å². The predicted octanol–water partition coefficient (Wildman–Crippen LogP) is 3.15. The van der Waals surface area contributed by atoms with Crippen molar-refractivity contribution in [1.29, 1.82) is 0 Å². The lowest BCUT2D eigenvalue weighted by Gasteiger charge is -2.11. The van der Waals surface area contributed by atoms with Crippen LogP contribution in [0.5, 0.6) is 11.5 Å². The summed E-state index contributed by atoms with van der Waals surface area (Å²) in [5.41, 5.74) is 3.72. The van der Waals surface area contributed by atoms with E-state index in [0.29, 0.717) is 36.0 Å². The van der Waals surface area contributed by atoms with Gasteiger partial charge in [-0.15, -0.1) is 0 Å². The van der Waals surface area contributed by atoms with Crippen LogP contribution in [-0.4, -0.2) is 25.3 Å². The van der Waals surface area contributed by atoms with Gasteiger partial charge in [-0.25, -0.2) is 5.43 Å². The lowest BCUT2D eigenvalue weighted by molar-refractivity contribution is 0.0953. The van der Waals surface area contributed by atoms with E-state index in [-0.39, 0.29) is 5.91 Å². The Morgan fingerprint density at radius 3 is 2.61 bits per heavy atom. The summed E-state index contributed by atoms with van der Waals surface area (Å²) in [6.45, 7) is 6.65. The minimum atomic E-state index is -0.316. The van der Waals surface area contributed by atoms with Crippen LogP contribution in [0.4, 0.5) is 0 Å². The quantitative estimate of drug-likeness (QED) is 0.629. The molecule has 1 aromatic heterocycles. The highest BCUT2D eigenvalue weighted by Gasteiger charge is 2.10. The molecule has 0 spiro atoms. The van der Waals surface area contributed by atoms with Crippen molar-refractivity contribution >= 4 is 12.1 Å². The van der Waals surface area contributed by atoms with Gasteiger partial charge in [-0.05, 0) is 50.6 Å². The average molecular weight is 316 g/mol. The largest absolute Gasteiger partial charge is 0.490 e. The molecule has 122 valence electrons. The Morgan fingerprint density at radius 2 is 1.96 bits per heavy atom. The van der Waals surface area contributed by atoms with Crippen LogP contribution in [0.2, 0.25) is 0 Å². The maximum Gasteiger partial charge on any atom is 0.274 e. The summed E-state index contributed by atoms with van der Waals surface area (Å²) in [5.74, 6) is 1.57. The second-order valence-electron chi connectivity index (χ2n) is 4.66. The van der Waals surface area contributed by atoms with Crippen molar-refractivity contribution < 1.29 is 18.7 Å². The van der Waals surface area contributed by atoms with Crippen LogP contribution in [0.1, 0.15) is 35.5 Å². The molecule has 1 amide bonds. The standard InChI is InChI=1S/C17H20N2O4/c1-4-21-15-7-6-13(10-16(15)22-5-2)11-18-19-17(20)14-8-9-23-12(14)3/h6-11H,4-5H2,1-3H3,(H,19,20)/b18-11+. The number of nitrogens with zero attached hydrogens (tertiary/aromatic N) is 1. The van der Waals surface area contributed by atoms with Gasteiger partial charge >= 0.3 is 0 Å². The number of aryl methyl sites for hydroxylation is 1. The molecular weight excluding hydrogens is 296 g/mol. The zero-order valence-corrected chi connectivity index (χ0v) is 13.5. The number of hydrogen-bond acceptors (Lipinski definition) is 5. The van der Waals surface area contributed by atoms with Crippen molar-refractivity contribution in [1.82, 2.24) is 5.43 Å². The Balaban J connectivity index is 2.05. The molecule has 2 rings (SSSR count). The maximum absolute atomic E-state index is 11.9. The van der Waals surface area contributed by atoms with E-state index in [2.05, 4.69) is 10.5 Å². The lowest BCUT2D eigenvalue weighted by Crippen LogP contribution is -2.17. The summed E-state index contributed by atoms with van der Waals surface area (Å²) >= 11 is 0. The molecule has 0 saturated heterocycles. The van der Waals surface area contributed by atoms with Gasteiger partial charge in [0.2, 0.25) is 0 Å². The minimum absolute atomic E-state index is 0.316. The third-order valence-corrected chi connectivity index (χ3v) is 3.05. The highest BCUT2D eigenvalue weighted by Crippen LogP contribution is 2.27. The van der Waals surface area contributed by atoms with Gasteiger partial charge in [-0.2, -0.15) is 5.10 Å². The first kappa shape index (κ1) is 16.6. The van der Waals surface area contributed by atoms with E-state index in [1.54, 1.807) is 19.2 Å². The molecule has 1 aromatic carbocycles. The van der Waals surface area contributed by atoms with Crippen LogP contribution in [0.3, 0.4) is 0 Å². The molecule has 0 aliphatic heterocycles. The molecule has 23 heavy (non-hydrogen) atoms. The molecule has 1 N–H and O–H groups in total. The van der Waals surface area contributed by atoms with Crippen molar-refractivity contribution in [2.24, 2.45) is 5.10 Å². The number of rotatable bonds is 7. The lowest BCUT2D eigenvalue weighted by atomic mass is 10.2. The van der Waals surface area contributed by atoms with Crippen molar-refractivity contribution in [3.8, 4) is 11.5 Å². The fourth-order valence-corrected chi connectivity index (χ4v) is 1.99. The highest BCUT2D eigenvalue weighted by molar-refractivity contribution is 5.95. The zero-order valence-electron chi connectivity index (χ0n) is 13.5. The van der Waals surface area contributed by atoms with E-state index in [9.17, 15) is 4.79 Å². The fraction of sp³-hybridized carbons (Fsp3) is 0.294. The third-order valence-electron chi connectivity index (χ3n) is 3.05. The van der Waals surface area contributed by atoms with Crippen LogP contribution in [0.25, 0.3) is 0 Å². The first-order valence-electron chi connectivity index (χ1n) is 7.42. The smallest absolute Gasteiger partial charge is 0.274 e. The van der Waals surface area contributed by atoms with Crippen LogP contribution < -0.4 is 14.9 Å². The Labute approximate surface area is 135 Å². The Bertz CT molecular complexity index is 692. The summed E-state index contributed by atoms with van der Waals surface area (Å²) in [4.78, 5) is 11.9. The number of carbonyl (C=O) groups excluding carboxylic acids is 1. The molecule has 0 unspecified atom stereocenters. The molecule has 0 aliphatic rings. The van der Waals surface area contributed by atoms with E-state index in [1.807, 2.05) is 32.0 Å². The number of benzene rings is 1. The molecule has 0 aliphatic carbocycles. The number of furan rings is 1. The molecule has 6 nitrogen and oxygen atoms in total. The Hall–Kier alpha value is -2.76. The number of ether oxygens (including phenoxy) is 2. The number of hydrazone groups is 1. The van der Waals surface area contributed by atoms with Gasteiger partial charge in [-0.3, -0.25) is 4.79 Å². The van der Waals surface area contributed by atoms with Gasteiger partial charge in [0.05, 0.1) is 31.3 Å². The first-order chi connectivity index (χ1) is 11.2. The second-order valence-corrected chi connectivity index (χ2v) is 4.66. The predicted molar refractivity (Wildman–Crippen MR) is 87.3 cm³/mol. The maximum atomic E-state index is 11.9. The van der Waals surface area contributed by atoms with E-state index < -0.39 is 0 Å². The molecule has 0 bridgehead atoms. The summed E-state index contributed by atoms with van der Waals surface area (Å²) in [7, 11) is 0. The topological polar surface area (TPSA) is 73.1 Å². The summed E-state index contributed by atoms with van der Waals surface area (Å²) in [6, 6.07) is 7.07. The molecule has 6 heteroatoms. The highest BCUT2D eigenvalue weighted by atomic mass is 16.5. The minimum Gasteiger partial charge on any atom is -0.490 e. The SMILES string of the molecule is CCOc1ccc(/C=N/NC(=O)c2ccoc2C)cc1OCC. The van der Waals surface area contributed by atoms with Crippen LogP contribution in [0.15, 0.2) is 40.0 Å². The van der Waals surface area contributed by atoms with Gasteiger partial charge in [0.15, 0.2) is 11.5 Å². The van der Waals surface area contributed by atoms with E-state index in [0.717, 1.165) is 5.56 Å². The van der Waals surface area contributed by atoms with Gasteiger partial charge in [0.25, 0.3) is 5.91 Å².